The summed E-state index contributed by atoms with van der Waals surface area (Å²) < 4.78 is 6.15. The molecule has 1 saturated carbocycles. The highest BCUT2D eigenvalue weighted by Crippen LogP contribution is 2.55. The van der Waals surface area contributed by atoms with E-state index >= 15 is 0 Å². The lowest BCUT2D eigenvalue weighted by molar-refractivity contribution is 0.138. The van der Waals surface area contributed by atoms with Crippen molar-refractivity contribution in [2.24, 2.45) is 11.8 Å². The minimum Gasteiger partial charge on any atom is -0.473 e. The van der Waals surface area contributed by atoms with E-state index in [1.807, 2.05) is 24.4 Å². The summed E-state index contributed by atoms with van der Waals surface area (Å²) in [7, 11) is 0. The number of ether oxygens (including phenoxy) is 1. The average molecular weight is 244 g/mol. The Hall–Kier alpha value is -1.09. The Kier molecular flexibility index (Phi) is 2.22. The first kappa shape index (κ1) is 10.8. The molecule has 0 radical (unpaired) electrons. The maximum absolute atomic E-state index is 6.15. The van der Waals surface area contributed by atoms with Gasteiger partial charge in [-0.05, 0) is 44.7 Å². The molecule has 3 heterocycles. The highest BCUT2D eigenvalue weighted by molar-refractivity contribution is 5.17. The fraction of sp³-hybridized carbons (Fsp3) is 0.667. The highest BCUT2D eigenvalue weighted by atomic mass is 16.5. The lowest BCUT2D eigenvalue weighted by Gasteiger charge is -2.32. The summed E-state index contributed by atoms with van der Waals surface area (Å²) in [6, 6.07) is 5.91. The van der Waals surface area contributed by atoms with Gasteiger partial charge in [0.1, 0.15) is 6.10 Å². The summed E-state index contributed by atoms with van der Waals surface area (Å²) in [5.41, 5.74) is 0.416. The van der Waals surface area contributed by atoms with Gasteiger partial charge in [-0.2, -0.15) is 0 Å². The summed E-state index contributed by atoms with van der Waals surface area (Å²) in [4.78, 5) is 6.97. The molecule has 3 heteroatoms. The van der Waals surface area contributed by atoms with Crippen LogP contribution in [0.4, 0.5) is 0 Å². The first-order valence-electron chi connectivity index (χ1n) is 7.11. The van der Waals surface area contributed by atoms with Crippen LogP contribution in [0.3, 0.4) is 0 Å². The van der Waals surface area contributed by atoms with Gasteiger partial charge in [0.25, 0.3) is 0 Å². The van der Waals surface area contributed by atoms with Gasteiger partial charge in [0.2, 0.25) is 5.88 Å². The maximum atomic E-state index is 6.15. The van der Waals surface area contributed by atoms with E-state index in [9.17, 15) is 0 Å². The molecule has 0 amide bonds. The molecule has 3 fully saturated rings. The van der Waals surface area contributed by atoms with Crippen molar-refractivity contribution in [3.8, 4) is 5.88 Å². The molecule has 0 bridgehead atoms. The van der Waals surface area contributed by atoms with Crippen molar-refractivity contribution < 1.29 is 4.74 Å². The molecule has 4 atom stereocenters. The third-order valence-corrected chi connectivity index (χ3v) is 5.59. The fourth-order valence-corrected chi connectivity index (χ4v) is 4.64. The standard InChI is InChI=1S/C15H20N2O/c1-15-11-5-6-12(15)13(10-17(15)9-7-11)18-14-4-2-3-8-16-14/h2-4,8,11-13H,5-7,9-10H2,1H3/t11-,12+,13-,15+/m0/s1. The number of hydrogen-bond acceptors (Lipinski definition) is 3. The van der Waals surface area contributed by atoms with Gasteiger partial charge in [-0.3, -0.25) is 4.90 Å². The van der Waals surface area contributed by atoms with Crippen molar-refractivity contribution in [1.82, 2.24) is 9.88 Å². The molecule has 1 aromatic heterocycles. The van der Waals surface area contributed by atoms with Gasteiger partial charge in [-0.15, -0.1) is 0 Å². The van der Waals surface area contributed by atoms with E-state index in [1.54, 1.807) is 0 Å². The number of aromatic nitrogens is 1. The zero-order chi connectivity index (χ0) is 12.2. The van der Waals surface area contributed by atoms with Crippen molar-refractivity contribution >= 4 is 0 Å². The number of nitrogens with zero attached hydrogens (tertiary/aromatic N) is 2. The van der Waals surface area contributed by atoms with Crippen molar-refractivity contribution in [2.75, 3.05) is 13.1 Å². The second-order valence-corrected chi connectivity index (χ2v) is 6.17. The summed E-state index contributed by atoms with van der Waals surface area (Å²) >= 11 is 0. The third kappa shape index (κ3) is 1.31. The van der Waals surface area contributed by atoms with Crippen molar-refractivity contribution in [3.05, 3.63) is 24.4 Å². The molecule has 18 heavy (non-hydrogen) atoms. The van der Waals surface area contributed by atoms with E-state index < -0.39 is 0 Å². The largest absolute Gasteiger partial charge is 0.473 e. The summed E-state index contributed by atoms with van der Waals surface area (Å²) in [5.74, 6) is 2.39. The zero-order valence-electron chi connectivity index (χ0n) is 10.9. The van der Waals surface area contributed by atoms with Crippen molar-refractivity contribution in [3.63, 3.8) is 0 Å². The lowest BCUT2D eigenvalue weighted by Crippen LogP contribution is -2.41. The number of pyridine rings is 1. The third-order valence-electron chi connectivity index (χ3n) is 5.59. The molecule has 0 spiro atoms. The Morgan fingerprint density at radius 1 is 1.33 bits per heavy atom. The molecule has 3 aliphatic rings. The number of hydrogen-bond donors (Lipinski definition) is 0. The van der Waals surface area contributed by atoms with Crippen LogP contribution in [0.2, 0.25) is 0 Å². The fourth-order valence-electron chi connectivity index (χ4n) is 4.64. The molecule has 96 valence electrons. The number of rotatable bonds is 2. The van der Waals surface area contributed by atoms with E-state index in [0.29, 0.717) is 17.6 Å². The van der Waals surface area contributed by atoms with E-state index in [2.05, 4.69) is 16.8 Å². The molecule has 4 rings (SSSR count). The molecule has 0 aromatic carbocycles. The van der Waals surface area contributed by atoms with Crippen molar-refractivity contribution in [1.29, 1.82) is 0 Å². The predicted octanol–water partition coefficient (Wildman–Crippen LogP) is 2.33. The van der Waals surface area contributed by atoms with Gasteiger partial charge < -0.3 is 4.74 Å². The van der Waals surface area contributed by atoms with Gasteiger partial charge in [-0.1, -0.05) is 6.07 Å². The Labute approximate surface area is 108 Å². The van der Waals surface area contributed by atoms with Crippen molar-refractivity contribution in [2.45, 2.75) is 37.8 Å². The minimum absolute atomic E-state index is 0.343. The Morgan fingerprint density at radius 3 is 3.11 bits per heavy atom. The normalized spacial score (nSPS) is 42.2. The minimum atomic E-state index is 0.343. The SMILES string of the molecule is C[C@@]12[C@H]3CC[C@@H]1[C@@H](Oc1ccccn1)CN2CC3. The smallest absolute Gasteiger partial charge is 0.213 e. The van der Waals surface area contributed by atoms with Crippen LogP contribution < -0.4 is 4.74 Å². The highest BCUT2D eigenvalue weighted by Gasteiger charge is 2.61. The molecule has 1 aliphatic carbocycles. The molecule has 2 saturated heterocycles. The van der Waals surface area contributed by atoms with E-state index in [-0.39, 0.29) is 0 Å². The van der Waals surface area contributed by atoms with Crippen LogP contribution in [0.1, 0.15) is 26.2 Å². The van der Waals surface area contributed by atoms with Crippen LogP contribution in [0, 0.1) is 11.8 Å². The first-order chi connectivity index (χ1) is 8.78. The van der Waals surface area contributed by atoms with Gasteiger partial charge >= 0.3 is 0 Å². The lowest BCUT2D eigenvalue weighted by atomic mass is 9.84. The molecular formula is C15H20N2O. The van der Waals surface area contributed by atoms with E-state index in [4.69, 9.17) is 4.74 Å². The van der Waals surface area contributed by atoms with Crippen LogP contribution >= 0.6 is 0 Å². The molecule has 2 aliphatic heterocycles. The Balaban J connectivity index is 1.58. The molecule has 0 N–H and O–H groups in total. The predicted molar refractivity (Wildman–Crippen MR) is 69.5 cm³/mol. The molecule has 1 aromatic rings. The molecule has 0 unspecified atom stereocenters. The summed E-state index contributed by atoms with van der Waals surface area (Å²) in [6.07, 6.45) is 6.26. The van der Waals surface area contributed by atoms with E-state index in [0.717, 1.165) is 18.3 Å². The van der Waals surface area contributed by atoms with Crippen LogP contribution in [0.5, 0.6) is 5.88 Å². The van der Waals surface area contributed by atoms with Crippen LogP contribution in [-0.2, 0) is 0 Å². The van der Waals surface area contributed by atoms with Crippen LogP contribution in [0.25, 0.3) is 0 Å². The Bertz CT molecular complexity index is 449. The quantitative estimate of drug-likeness (QED) is 0.798. The molecular weight excluding hydrogens is 224 g/mol. The average Bonchev–Trinajstić information content (AvgIpc) is 2.96. The Morgan fingerprint density at radius 2 is 2.28 bits per heavy atom. The van der Waals surface area contributed by atoms with E-state index in [1.165, 1.54) is 25.8 Å². The topological polar surface area (TPSA) is 25.4 Å². The summed E-state index contributed by atoms with van der Waals surface area (Å²) in [5, 5.41) is 0. The zero-order valence-corrected chi connectivity index (χ0v) is 10.9. The van der Waals surface area contributed by atoms with Crippen LogP contribution in [-0.4, -0.2) is 34.6 Å². The second kappa shape index (κ2) is 3.70. The first-order valence-corrected chi connectivity index (χ1v) is 7.11. The molecule has 3 nitrogen and oxygen atoms in total. The van der Waals surface area contributed by atoms with Gasteiger partial charge in [-0.25, -0.2) is 4.98 Å². The second-order valence-electron chi connectivity index (χ2n) is 6.17. The van der Waals surface area contributed by atoms with Crippen LogP contribution in [0.15, 0.2) is 24.4 Å². The van der Waals surface area contributed by atoms with Gasteiger partial charge in [0, 0.05) is 30.3 Å². The maximum Gasteiger partial charge on any atom is 0.213 e. The van der Waals surface area contributed by atoms with Gasteiger partial charge in [0.05, 0.1) is 0 Å². The monoisotopic (exact) mass is 244 g/mol. The summed E-state index contributed by atoms with van der Waals surface area (Å²) in [6.45, 7) is 4.82. The van der Waals surface area contributed by atoms with Gasteiger partial charge in [0.15, 0.2) is 0 Å².